The van der Waals surface area contributed by atoms with Crippen LogP contribution in [0.2, 0.25) is 0 Å². The molecule has 2 atom stereocenters. The molecule has 28 heavy (non-hydrogen) atoms. The highest BCUT2D eigenvalue weighted by molar-refractivity contribution is 8.15. The third kappa shape index (κ3) is 4.79. The number of rotatable bonds is 5. The molecule has 0 N–H and O–H groups in total. The van der Waals surface area contributed by atoms with Crippen molar-refractivity contribution in [3.63, 3.8) is 0 Å². The maximum Gasteiger partial charge on any atom is 0.248 e. The van der Waals surface area contributed by atoms with E-state index in [4.69, 9.17) is 0 Å². The minimum Gasteiger partial charge on any atom is -0.346 e. The number of thioether (sulfide) groups is 1. The SMILES string of the molecule is O=C(CC1CCCCC1)N=C1SC2CS(=O)(=O)CC2N1CCc1ccccc1. The number of carbonyl (C=O) groups excluding carboxylic acids is 1. The summed E-state index contributed by atoms with van der Waals surface area (Å²) in [6, 6.07) is 10.1. The molecule has 3 fully saturated rings. The molecular formula is C21H28N2O3S2. The minimum absolute atomic E-state index is 0.00186. The highest BCUT2D eigenvalue weighted by Gasteiger charge is 2.48. The van der Waals surface area contributed by atoms with Crippen molar-refractivity contribution in [1.82, 2.24) is 4.90 Å². The third-order valence-electron chi connectivity index (χ3n) is 6.07. The van der Waals surface area contributed by atoms with E-state index >= 15 is 0 Å². The number of carbonyl (C=O) groups is 1. The van der Waals surface area contributed by atoms with Gasteiger partial charge in [-0.3, -0.25) is 4.79 Å². The van der Waals surface area contributed by atoms with Crippen molar-refractivity contribution in [2.75, 3.05) is 18.1 Å². The van der Waals surface area contributed by atoms with Crippen LogP contribution in [0.5, 0.6) is 0 Å². The van der Waals surface area contributed by atoms with E-state index in [9.17, 15) is 13.2 Å². The molecule has 1 aromatic rings. The Morgan fingerprint density at radius 2 is 1.86 bits per heavy atom. The van der Waals surface area contributed by atoms with Gasteiger partial charge in [0.25, 0.3) is 0 Å². The first-order valence-electron chi connectivity index (χ1n) is 10.3. The number of hydrogen-bond donors (Lipinski definition) is 0. The van der Waals surface area contributed by atoms with Crippen LogP contribution in [0.25, 0.3) is 0 Å². The number of amides is 1. The number of nitrogens with zero attached hydrogens (tertiary/aromatic N) is 2. The first kappa shape index (κ1) is 20.0. The van der Waals surface area contributed by atoms with E-state index in [1.165, 1.54) is 36.6 Å². The van der Waals surface area contributed by atoms with Crippen molar-refractivity contribution in [3.05, 3.63) is 35.9 Å². The standard InChI is InChI=1S/C21H28N2O3S2/c24-20(13-17-9-5-2-6-10-17)22-21-23(12-11-16-7-3-1-4-8-16)18-14-28(25,26)15-19(18)27-21/h1,3-4,7-8,17-19H,2,5-6,9-15H2. The van der Waals surface area contributed by atoms with Crippen molar-refractivity contribution in [1.29, 1.82) is 0 Å². The molecule has 0 spiro atoms. The van der Waals surface area contributed by atoms with Gasteiger partial charge in [-0.15, -0.1) is 0 Å². The van der Waals surface area contributed by atoms with Crippen LogP contribution in [0, 0.1) is 5.92 Å². The summed E-state index contributed by atoms with van der Waals surface area (Å²) in [4.78, 5) is 19.1. The summed E-state index contributed by atoms with van der Waals surface area (Å²) in [6.07, 6.45) is 7.32. The van der Waals surface area contributed by atoms with Gasteiger partial charge in [-0.25, -0.2) is 8.42 Å². The number of amidine groups is 1. The van der Waals surface area contributed by atoms with Crippen LogP contribution in [0.15, 0.2) is 35.3 Å². The molecule has 1 amide bonds. The molecule has 2 saturated heterocycles. The molecule has 4 rings (SSSR count). The van der Waals surface area contributed by atoms with Crippen LogP contribution in [0.4, 0.5) is 0 Å². The molecule has 0 radical (unpaired) electrons. The van der Waals surface area contributed by atoms with Crippen molar-refractivity contribution in [2.24, 2.45) is 10.9 Å². The lowest BCUT2D eigenvalue weighted by atomic mass is 9.87. The number of benzene rings is 1. The summed E-state index contributed by atoms with van der Waals surface area (Å²) in [5.74, 6) is 0.798. The van der Waals surface area contributed by atoms with Crippen molar-refractivity contribution in [3.8, 4) is 0 Å². The molecule has 2 unspecified atom stereocenters. The van der Waals surface area contributed by atoms with Crippen molar-refractivity contribution in [2.45, 2.75) is 56.2 Å². The second-order valence-corrected chi connectivity index (χ2v) is 11.6. The van der Waals surface area contributed by atoms with E-state index < -0.39 is 9.84 Å². The van der Waals surface area contributed by atoms with Gasteiger partial charge >= 0.3 is 0 Å². The van der Waals surface area contributed by atoms with E-state index in [0.29, 0.717) is 18.9 Å². The Bertz CT molecular complexity index is 832. The molecule has 3 aliphatic rings. The van der Waals surface area contributed by atoms with Crippen LogP contribution in [0.3, 0.4) is 0 Å². The second kappa shape index (κ2) is 8.57. The normalized spacial score (nSPS) is 28.6. The lowest BCUT2D eigenvalue weighted by Gasteiger charge is -2.24. The number of hydrogen-bond acceptors (Lipinski definition) is 4. The molecule has 7 heteroatoms. The molecule has 1 saturated carbocycles. The molecular weight excluding hydrogens is 392 g/mol. The van der Waals surface area contributed by atoms with Crippen LogP contribution in [-0.4, -0.2) is 53.7 Å². The molecule has 2 heterocycles. The first-order valence-corrected chi connectivity index (χ1v) is 13.0. The molecule has 0 aromatic heterocycles. The fraction of sp³-hybridized carbons (Fsp3) is 0.619. The zero-order chi connectivity index (χ0) is 19.6. The highest BCUT2D eigenvalue weighted by Crippen LogP contribution is 2.38. The topological polar surface area (TPSA) is 66.8 Å². The summed E-state index contributed by atoms with van der Waals surface area (Å²) in [5.41, 5.74) is 1.21. The Morgan fingerprint density at radius 3 is 2.61 bits per heavy atom. The van der Waals surface area contributed by atoms with Gasteiger partial charge in [0.1, 0.15) is 0 Å². The van der Waals surface area contributed by atoms with Crippen molar-refractivity contribution < 1.29 is 13.2 Å². The second-order valence-electron chi connectivity index (χ2n) is 8.23. The molecule has 2 aliphatic heterocycles. The molecule has 1 aromatic carbocycles. The summed E-state index contributed by atoms with van der Waals surface area (Å²) in [6.45, 7) is 0.698. The Hall–Kier alpha value is -1.34. The van der Waals surface area contributed by atoms with Crippen LogP contribution < -0.4 is 0 Å². The largest absolute Gasteiger partial charge is 0.346 e. The van der Waals surface area contributed by atoms with Gasteiger partial charge in [0.15, 0.2) is 15.0 Å². The highest BCUT2D eigenvalue weighted by atomic mass is 32.2. The molecule has 1 aliphatic carbocycles. The summed E-state index contributed by atoms with van der Waals surface area (Å²) in [5, 5.41) is 0.739. The number of aliphatic imine (C=N–C) groups is 1. The Balaban J connectivity index is 1.47. The Morgan fingerprint density at radius 1 is 1.11 bits per heavy atom. The van der Waals surface area contributed by atoms with Gasteiger partial charge in [-0.05, 0) is 30.7 Å². The lowest BCUT2D eigenvalue weighted by Crippen LogP contribution is -2.39. The van der Waals surface area contributed by atoms with Crippen LogP contribution >= 0.6 is 11.8 Å². The van der Waals surface area contributed by atoms with E-state index in [1.807, 2.05) is 18.2 Å². The summed E-state index contributed by atoms with van der Waals surface area (Å²) < 4.78 is 24.2. The summed E-state index contributed by atoms with van der Waals surface area (Å²) >= 11 is 1.49. The molecule has 0 bridgehead atoms. The van der Waals surface area contributed by atoms with E-state index in [2.05, 4.69) is 22.0 Å². The van der Waals surface area contributed by atoms with Crippen LogP contribution in [0.1, 0.15) is 44.1 Å². The maximum absolute atomic E-state index is 12.6. The lowest BCUT2D eigenvalue weighted by molar-refractivity contribution is -0.118. The van der Waals surface area contributed by atoms with Gasteiger partial charge in [-0.1, -0.05) is 61.4 Å². The quantitative estimate of drug-likeness (QED) is 0.731. The Labute approximate surface area is 171 Å². The molecule has 152 valence electrons. The average molecular weight is 421 g/mol. The van der Waals surface area contributed by atoms with E-state index in [-0.39, 0.29) is 28.7 Å². The predicted molar refractivity (Wildman–Crippen MR) is 114 cm³/mol. The zero-order valence-corrected chi connectivity index (χ0v) is 17.8. The number of sulfone groups is 1. The van der Waals surface area contributed by atoms with Gasteiger partial charge in [-0.2, -0.15) is 4.99 Å². The van der Waals surface area contributed by atoms with Crippen LogP contribution in [-0.2, 0) is 21.1 Å². The van der Waals surface area contributed by atoms with Gasteiger partial charge < -0.3 is 4.90 Å². The first-order chi connectivity index (χ1) is 13.5. The fourth-order valence-electron chi connectivity index (χ4n) is 4.58. The maximum atomic E-state index is 12.6. The van der Waals surface area contributed by atoms with Gasteiger partial charge in [0, 0.05) is 18.2 Å². The van der Waals surface area contributed by atoms with Gasteiger partial charge in [0.2, 0.25) is 5.91 Å². The number of fused-ring (bicyclic) bond motifs is 1. The predicted octanol–water partition coefficient (Wildman–Crippen LogP) is 3.30. The fourth-order valence-corrected chi connectivity index (χ4v) is 8.58. The van der Waals surface area contributed by atoms with E-state index in [0.717, 1.165) is 24.4 Å². The van der Waals surface area contributed by atoms with Gasteiger partial charge in [0.05, 0.1) is 17.5 Å². The van der Waals surface area contributed by atoms with E-state index in [1.54, 1.807) is 0 Å². The summed E-state index contributed by atoms with van der Waals surface area (Å²) in [7, 11) is -3.00. The smallest absolute Gasteiger partial charge is 0.248 e. The monoisotopic (exact) mass is 420 g/mol. The average Bonchev–Trinajstić information content (AvgIpc) is 3.12. The Kier molecular flexibility index (Phi) is 6.11. The zero-order valence-electron chi connectivity index (χ0n) is 16.1. The molecule has 5 nitrogen and oxygen atoms in total. The van der Waals surface area contributed by atoms with Crippen molar-refractivity contribution >= 4 is 32.7 Å². The third-order valence-corrected chi connectivity index (χ3v) is 9.32. The minimum atomic E-state index is -3.00.